The summed E-state index contributed by atoms with van der Waals surface area (Å²) >= 11 is 0. The second-order valence-electron chi connectivity index (χ2n) is 6.85. The van der Waals surface area contributed by atoms with Gasteiger partial charge in [-0.1, -0.05) is 20.3 Å². The first-order chi connectivity index (χ1) is 8.58. The van der Waals surface area contributed by atoms with Crippen molar-refractivity contribution in [1.82, 2.24) is 4.90 Å². The van der Waals surface area contributed by atoms with Crippen LogP contribution in [-0.4, -0.2) is 28.7 Å². The van der Waals surface area contributed by atoms with Crippen LogP contribution in [0.4, 0.5) is 0 Å². The normalized spacial score (nSPS) is 34.6. The molecule has 2 aliphatic heterocycles. The van der Waals surface area contributed by atoms with Crippen molar-refractivity contribution in [2.45, 2.75) is 76.5 Å². The topological polar surface area (TPSA) is 29.5 Å². The number of rotatable bonds is 2. The number of amides is 1. The predicted octanol–water partition coefficient (Wildman–Crippen LogP) is 3.08. The molecule has 3 aliphatic rings. The van der Waals surface area contributed by atoms with E-state index in [0.717, 1.165) is 38.7 Å². The number of ether oxygens (including phenoxy) is 1. The van der Waals surface area contributed by atoms with Crippen LogP contribution in [0, 0.1) is 5.92 Å². The van der Waals surface area contributed by atoms with Crippen LogP contribution in [0.1, 0.15) is 65.2 Å². The quantitative estimate of drug-likeness (QED) is 0.755. The maximum Gasteiger partial charge on any atom is 0.225 e. The van der Waals surface area contributed by atoms with E-state index < -0.39 is 0 Å². The van der Waals surface area contributed by atoms with E-state index in [2.05, 4.69) is 18.7 Å². The van der Waals surface area contributed by atoms with E-state index in [9.17, 15) is 4.79 Å². The SMILES string of the molecule is CC(C)CC12CCC(=O)N1C1(CCCCC1)OC2. The zero-order valence-corrected chi connectivity index (χ0v) is 11.7. The first-order valence-corrected chi connectivity index (χ1v) is 7.55. The second kappa shape index (κ2) is 4.22. The van der Waals surface area contributed by atoms with Gasteiger partial charge in [0.2, 0.25) is 5.91 Å². The van der Waals surface area contributed by atoms with Gasteiger partial charge in [-0.15, -0.1) is 0 Å². The van der Waals surface area contributed by atoms with Gasteiger partial charge in [0.05, 0.1) is 12.1 Å². The van der Waals surface area contributed by atoms with Gasteiger partial charge in [-0.2, -0.15) is 0 Å². The van der Waals surface area contributed by atoms with Gasteiger partial charge in [0.1, 0.15) is 5.72 Å². The second-order valence-corrected chi connectivity index (χ2v) is 6.85. The van der Waals surface area contributed by atoms with Crippen molar-refractivity contribution in [2.24, 2.45) is 5.92 Å². The lowest BCUT2D eigenvalue weighted by Gasteiger charge is -2.43. The highest BCUT2D eigenvalue weighted by Crippen LogP contribution is 2.51. The molecule has 0 aromatic rings. The van der Waals surface area contributed by atoms with Gasteiger partial charge in [-0.3, -0.25) is 4.79 Å². The molecule has 0 bridgehead atoms. The van der Waals surface area contributed by atoms with Gasteiger partial charge in [0.15, 0.2) is 0 Å². The van der Waals surface area contributed by atoms with E-state index in [0.29, 0.717) is 11.8 Å². The van der Waals surface area contributed by atoms with Crippen molar-refractivity contribution in [3.63, 3.8) is 0 Å². The molecule has 3 nitrogen and oxygen atoms in total. The number of hydrogen-bond acceptors (Lipinski definition) is 2. The van der Waals surface area contributed by atoms with Crippen molar-refractivity contribution < 1.29 is 9.53 Å². The van der Waals surface area contributed by atoms with Gasteiger partial charge in [-0.05, 0) is 44.4 Å². The number of nitrogens with zero attached hydrogens (tertiary/aromatic N) is 1. The van der Waals surface area contributed by atoms with Gasteiger partial charge in [0.25, 0.3) is 0 Å². The first kappa shape index (κ1) is 12.5. The fourth-order valence-corrected chi connectivity index (χ4v) is 4.44. The van der Waals surface area contributed by atoms with E-state index in [1.54, 1.807) is 0 Å². The largest absolute Gasteiger partial charge is 0.353 e. The summed E-state index contributed by atoms with van der Waals surface area (Å²) in [5.74, 6) is 0.968. The minimum atomic E-state index is -0.222. The summed E-state index contributed by atoms with van der Waals surface area (Å²) in [6.45, 7) is 5.28. The molecular weight excluding hydrogens is 226 g/mol. The molecule has 0 N–H and O–H groups in total. The predicted molar refractivity (Wildman–Crippen MR) is 70.0 cm³/mol. The third kappa shape index (κ3) is 1.70. The van der Waals surface area contributed by atoms with Crippen molar-refractivity contribution >= 4 is 5.91 Å². The number of carbonyl (C=O) groups excluding carboxylic acids is 1. The van der Waals surface area contributed by atoms with Crippen molar-refractivity contribution in [3.05, 3.63) is 0 Å². The summed E-state index contributed by atoms with van der Waals surface area (Å²) in [4.78, 5) is 14.6. The molecule has 1 aliphatic carbocycles. The van der Waals surface area contributed by atoms with E-state index in [4.69, 9.17) is 4.74 Å². The summed E-state index contributed by atoms with van der Waals surface area (Å²) in [5, 5.41) is 0. The third-order valence-corrected chi connectivity index (χ3v) is 4.97. The zero-order valence-electron chi connectivity index (χ0n) is 11.7. The lowest BCUT2D eigenvalue weighted by Crippen LogP contribution is -2.54. The molecule has 102 valence electrons. The van der Waals surface area contributed by atoms with Crippen LogP contribution < -0.4 is 0 Å². The molecule has 1 spiro atoms. The molecule has 1 unspecified atom stereocenters. The minimum absolute atomic E-state index is 0.0303. The van der Waals surface area contributed by atoms with Crippen LogP contribution in [0.3, 0.4) is 0 Å². The van der Waals surface area contributed by atoms with Gasteiger partial charge in [-0.25, -0.2) is 0 Å². The molecule has 3 heteroatoms. The van der Waals surface area contributed by atoms with Gasteiger partial charge in [0, 0.05) is 6.42 Å². The average molecular weight is 251 g/mol. The Morgan fingerprint density at radius 3 is 2.61 bits per heavy atom. The molecule has 2 saturated heterocycles. The maximum absolute atomic E-state index is 12.4. The molecule has 3 rings (SSSR count). The Labute approximate surface area is 110 Å². The van der Waals surface area contributed by atoms with Crippen LogP contribution in [0.5, 0.6) is 0 Å². The highest BCUT2D eigenvalue weighted by Gasteiger charge is 2.60. The van der Waals surface area contributed by atoms with Crippen LogP contribution in [0.2, 0.25) is 0 Å². The number of carbonyl (C=O) groups is 1. The molecule has 18 heavy (non-hydrogen) atoms. The summed E-state index contributed by atoms with van der Waals surface area (Å²) in [7, 11) is 0. The van der Waals surface area contributed by atoms with E-state index >= 15 is 0 Å². The van der Waals surface area contributed by atoms with E-state index in [-0.39, 0.29) is 11.3 Å². The average Bonchev–Trinajstić information content (AvgIpc) is 2.79. The first-order valence-electron chi connectivity index (χ1n) is 7.55. The van der Waals surface area contributed by atoms with Crippen LogP contribution in [0.25, 0.3) is 0 Å². The smallest absolute Gasteiger partial charge is 0.225 e. The Balaban J connectivity index is 1.90. The van der Waals surface area contributed by atoms with Crippen molar-refractivity contribution in [2.75, 3.05) is 6.61 Å². The molecular formula is C15H25NO2. The molecule has 1 saturated carbocycles. The van der Waals surface area contributed by atoms with Gasteiger partial charge >= 0.3 is 0 Å². The standard InChI is InChI=1S/C15H25NO2/c1-12(2)10-14-9-6-13(17)16(14)15(18-11-14)7-4-3-5-8-15/h12H,3-11H2,1-2H3. The maximum atomic E-state index is 12.4. The fraction of sp³-hybridized carbons (Fsp3) is 0.933. The lowest BCUT2D eigenvalue weighted by molar-refractivity contribution is -0.155. The minimum Gasteiger partial charge on any atom is -0.353 e. The van der Waals surface area contributed by atoms with E-state index in [1.807, 2.05) is 0 Å². The molecule has 2 heterocycles. The highest BCUT2D eigenvalue weighted by atomic mass is 16.5. The number of hydrogen-bond donors (Lipinski definition) is 0. The molecule has 1 atom stereocenters. The van der Waals surface area contributed by atoms with E-state index in [1.165, 1.54) is 19.3 Å². The Morgan fingerprint density at radius 1 is 1.22 bits per heavy atom. The third-order valence-electron chi connectivity index (χ3n) is 4.97. The van der Waals surface area contributed by atoms with Crippen LogP contribution >= 0.6 is 0 Å². The molecule has 0 radical (unpaired) electrons. The Hall–Kier alpha value is -0.570. The Bertz CT molecular complexity index is 346. The van der Waals surface area contributed by atoms with Crippen molar-refractivity contribution in [3.8, 4) is 0 Å². The van der Waals surface area contributed by atoms with Crippen molar-refractivity contribution in [1.29, 1.82) is 0 Å². The van der Waals surface area contributed by atoms with Crippen LogP contribution in [0.15, 0.2) is 0 Å². The monoisotopic (exact) mass is 251 g/mol. The summed E-state index contributed by atoms with van der Waals surface area (Å²) in [5.41, 5.74) is -0.191. The van der Waals surface area contributed by atoms with Gasteiger partial charge < -0.3 is 9.64 Å². The Kier molecular flexibility index (Phi) is 2.92. The molecule has 1 amide bonds. The molecule has 0 aromatic carbocycles. The Morgan fingerprint density at radius 2 is 1.94 bits per heavy atom. The summed E-state index contributed by atoms with van der Waals surface area (Å²) < 4.78 is 6.23. The lowest BCUT2D eigenvalue weighted by atomic mass is 9.85. The zero-order chi connectivity index (χ0) is 12.8. The number of fused-ring (bicyclic) bond motifs is 2. The molecule has 3 fully saturated rings. The fourth-order valence-electron chi connectivity index (χ4n) is 4.44. The highest BCUT2D eigenvalue weighted by molar-refractivity contribution is 5.81. The summed E-state index contributed by atoms with van der Waals surface area (Å²) in [6, 6.07) is 0. The summed E-state index contributed by atoms with van der Waals surface area (Å²) in [6.07, 6.45) is 8.66. The molecule has 0 aromatic heterocycles. The van der Waals surface area contributed by atoms with Crippen LogP contribution in [-0.2, 0) is 9.53 Å².